The van der Waals surface area contributed by atoms with Crippen molar-refractivity contribution in [2.24, 2.45) is 0 Å². The molecule has 0 fully saturated rings. The topological polar surface area (TPSA) is 74.8 Å². The van der Waals surface area contributed by atoms with E-state index in [2.05, 4.69) is 80.9 Å². The Morgan fingerprint density at radius 3 is 1.02 bits per heavy atom. The molecule has 0 saturated heterocycles. The minimum absolute atomic E-state index is 0.245. The number of hydrogen-bond donors (Lipinski definition) is 2. The van der Waals surface area contributed by atoms with E-state index in [-0.39, 0.29) is 9.79 Å². The summed E-state index contributed by atoms with van der Waals surface area (Å²) in [4.78, 5) is 2.64. The Hall–Kier alpha value is 0.334. The molecular formula is C36H64BrN3NiO4S6-. The van der Waals surface area contributed by atoms with E-state index in [0.717, 1.165) is 0 Å². The predicted molar refractivity (Wildman–Crippen MR) is 227 cm³/mol. The maximum atomic E-state index is 12.1. The SMILES string of the molecule is CCCC[N+](CCCC)(CCCC)CCCC.CCN(CC)S(=O)(=O)c1ccc([S-])c(S)c1.CCN(CC)S(=O)(=O)c1ccc([S-])c(S)c1.[Ni][Br]. The third kappa shape index (κ3) is 19.2. The molecule has 0 spiro atoms. The molecule has 0 saturated carbocycles. The third-order valence-electron chi connectivity index (χ3n) is 8.49. The first kappa shape index (κ1) is 53.4. The van der Waals surface area contributed by atoms with Crippen LogP contribution in [0.5, 0.6) is 0 Å². The van der Waals surface area contributed by atoms with Gasteiger partial charge in [0.2, 0.25) is 20.0 Å². The van der Waals surface area contributed by atoms with Crippen LogP contribution >= 0.6 is 39.5 Å². The predicted octanol–water partition coefficient (Wildman–Crippen LogP) is 9.67. The number of hydrogen-bond acceptors (Lipinski definition) is 8. The van der Waals surface area contributed by atoms with Crippen molar-refractivity contribution in [1.29, 1.82) is 0 Å². The third-order valence-corrected chi connectivity index (χ3v) is 14.3. The summed E-state index contributed by atoms with van der Waals surface area (Å²) in [5.41, 5.74) is 0. The van der Waals surface area contributed by atoms with Crippen LogP contribution < -0.4 is 0 Å². The molecule has 15 heteroatoms. The molecule has 51 heavy (non-hydrogen) atoms. The average Bonchev–Trinajstić information content (AvgIpc) is 3.12. The van der Waals surface area contributed by atoms with Gasteiger partial charge in [-0.05, 0) is 59.7 Å². The van der Waals surface area contributed by atoms with E-state index in [9.17, 15) is 16.8 Å². The molecule has 0 radical (unpaired) electrons. The summed E-state index contributed by atoms with van der Waals surface area (Å²) >= 11 is 24.5. The second-order valence-electron chi connectivity index (χ2n) is 12.1. The number of benzene rings is 2. The van der Waals surface area contributed by atoms with Gasteiger partial charge in [0.05, 0.1) is 36.0 Å². The quantitative estimate of drug-likeness (QED) is 0.0597. The van der Waals surface area contributed by atoms with Crippen molar-refractivity contribution in [3.63, 3.8) is 0 Å². The Labute approximate surface area is 350 Å². The van der Waals surface area contributed by atoms with Gasteiger partial charge < -0.3 is 29.7 Å². The molecule has 0 aromatic heterocycles. The molecule has 0 N–H and O–H groups in total. The van der Waals surface area contributed by atoms with E-state index in [4.69, 9.17) is 25.3 Å². The van der Waals surface area contributed by atoms with Crippen LogP contribution in [-0.4, -0.2) is 82.3 Å². The number of rotatable bonds is 20. The summed E-state index contributed by atoms with van der Waals surface area (Å²) in [6, 6.07) is 9.23. The Morgan fingerprint density at radius 2 is 0.824 bits per heavy atom. The van der Waals surface area contributed by atoms with Crippen molar-refractivity contribution in [3.8, 4) is 0 Å². The van der Waals surface area contributed by atoms with Crippen molar-refractivity contribution in [3.05, 3.63) is 36.4 Å². The van der Waals surface area contributed by atoms with E-state index in [1.807, 2.05) is 27.7 Å². The normalized spacial score (nSPS) is 11.7. The Kier molecular flexibility index (Phi) is 31.0. The summed E-state index contributed by atoms with van der Waals surface area (Å²) in [5.74, 6) is 0. The summed E-state index contributed by atoms with van der Waals surface area (Å²) in [6.45, 7) is 24.1. The maximum absolute atomic E-state index is 12.1. The van der Waals surface area contributed by atoms with Crippen molar-refractivity contribution >= 4 is 84.8 Å². The Bertz CT molecular complexity index is 1300. The molecule has 0 aliphatic carbocycles. The second-order valence-corrected chi connectivity index (χ2v) is 17.8. The van der Waals surface area contributed by atoms with Crippen LogP contribution in [0.3, 0.4) is 0 Å². The van der Waals surface area contributed by atoms with E-state index >= 15 is 0 Å². The summed E-state index contributed by atoms with van der Waals surface area (Å²) in [5, 5.41) is 0. The van der Waals surface area contributed by atoms with Crippen LogP contribution in [0, 0.1) is 0 Å². The molecule has 0 aliphatic rings. The van der Waals surface area contributed by atoms with E-state index in [1.54, 1.807) is 12.1 Å². The van der Waals surface area contributed by atoms with Crippen molar-refractivity contribution in [1.82, 2.24) is 8.61 Å². The van der Waals surface area contributed by atoms with E-state index < -0.39 is 20.0 Å². The minimum atomic E-state index is -3.40. The first-order valence-corrected chi connectivity index (χ1v) is 25.1. The average molecular weight is 934 g/mol. The molecule has 0 heterocycles. The monoisotopic (exact) mass is 931 g/mol. The molecule has 301 valence electrons. The van der Waals surface area contributed by atoms with Gasteiger partial charge in [0.15, 0.2) is 0 Å². The molecule has 7 nitrogen and oxygen atoms in total. The first-order valence-electron chi connectivity index (χ1n) is 18.1. The van der Waals surface area contributed by atoms with Gasteiger partial charge in [0.25, 0.3) is 0 Å². The fourth-order valence-electron chi connectivity index (χ4n) is 5.39. The van der Waals surface area contributed by atoms with Gasteiger partial charge in [0.1, 0.15) is 0 Å². The van der Waals surface area contributed by atoms with Crippen LogP contribution in [-0.2, 0) is 59.0 Å². The van der Waals surface area contributed by atoms with Crippen molar-refractivity contribution in [2.45, 2.75) is 136 Å². The molecule has 0 atom stereocenters. The van der Waals surface area contributed by atoms with Crippen LogP contribution in [0.25, 0.3) is 0 Å². The molecule has 0 amide bonds. The molecule has 2 aromatic carbocycles. The summed E-state index contributed by atoms with van der Waals surface area (Å²) in [6.07, 6.45) is 11.1. The fraction of sp³-hybridized carbons (Fsp3) is 0.667. The zero-order chi connectivity index (χ0) is 39.7. The molecule has 2 rings (SSSR count). The van der Waals surface area contributed by atoms with E-state index in [1.165, 1.54) is 115 Å². The van der Waals surface area contributed by atoms with Gasteiger partial charge >= 0.3 is 27.9 Å². The van der Waals surface area contributed by atoms with Crippen molar-refractivity contribution < 1.29 is 35.0 Å². The van der Waals surface area contributed by atoms with Gasteiger partial charge in [-0.3, -0.25) is 0 Å². The Balaban J connectivity index is 0. The first-order chi connectivity index (χ1) is 24.1. The zero-order valence-corrected chi connectivity index (χ0v) is 39.6. The van der Waals surface area contributed by atoms with Gasteiger partial charge in [-0.25, -0.2) is 16.8 Å². The standard InChI is InChI=1S/C16H36N.2C10H15NO2S3.BrH.Ni/c1-5-9-13-17(14-10-6-2,15-11-7-3)16-12-8-4;2*1-3-11(4-2)16(12,13)8-5-6-9(14)10(15)7-8;;/h5-16H2,1-4H3;2*5-7,14-15H,3-4H2,1-2H3;1H;/q+1;;;;+1/p-3. The zero-order valence-electron chi connectivity index (χ0n) is 32.0. The fourth-order valence-corrected chi connectivity index (χ4v) is 9.21. The number of nitrogens with zero attached hydrogens (tertiary/aromatic N) is 3. The van der Waals surface area contributed by atoms with Crippen LogP contribution in [0.1, 0.15) is 107 Å². The number of quaternary nitrogens is 1. The van der Waals surface area contributed by atoms with Crippen LogP contribution in [0.2, 0.25) is 0 Å². The number of sulfonamides is 2. The molecule has 2 aromatic rings. The number of halogens is 1. The van der Waals surface area contributed by atoms with Gasteiger partial charge in [-0.1, -0.05) is 93.2 Å². The molecule has 0 aliphatic heterocycles. The number of thiol groups is 2. The van der Waals surface area contributed by atoms with Gasteiger partial charge in [-0.2, -0.15) is 18.4 Å². The number of unbranched alkanes of at least 4 members (excludes halogenated alkanes) is 4. The molecule has 0 unspecified atom stereocenters. The van der Waals surface area contributed by atoms with E-state index in [0.29, 0.717) is 45.8 Å². The van der Waals surface area contributed by atoms with Crippen molar-refractivity contribution in [2.75, 3.05) is 52.4 Å². The van der Waals surface area contributed by atoms with Gasteiger partial charge in [0, 0.05) is 26.2 Å². The van der Waals surface area contributed by atoms with Gasteiger partial charge in [-0.15, -0.1) is 25.3 Å². The summed E-state index contributed by atoms with van der Waals surface area (Å²) in [7, 11) is -6.80. The van der Waals surface area contributed by atoms with Crippen LogP contribution in [0.15, 0.2) is 65.8 Å². The second kappa shape index (κ2) is 29.6. The molecular weight excluding hydrogens is 869 g/mol. The Morgan fingerprint density at radius 1 is 0.569 bits per heavy atom. The molecule has 0 bridgehead atoms. The summed E-state index contributed by atoms with van der Waals surface area (Å²) < 4.78 is 52.7. The van der Waals surface area contributed by atoms with Crippen LogP contribution in [0.4, 0.5) is 0 Å².